The molecule has 0 aliphatic heterocycles. The van der Waals surface area contributed by atoms with Crippen LogP contribution in [0.25, 0.3) is 11.4 Å². The van der Waals surface area contributed by atoms with Crippen LogP contribution in [0.3, 0.4) is 0 Å². The Morgan fingerprint density at radius 1 is 1.06 bits per heavy atom. The van der Waals surface area contributed by atoms with Crippen LogP contribution < -0.4 is 0 Å². The second kappa shape index (κ2) is 4.28. The number of hydrogen-bond acceptors (Lipinski definition) is 5. The topological polar surface area (TPSA) is 68.6 Å². The van der Waals surface area contributed by atoms with Gasteiger partial charge >= 0.3 is 0 Å². The summed E-state index contributed by atoms with van der Waals surface area (Å²) in [5.74, 6) is -1.61. The first-order valence-electron chi connectivity index (χ1n) is 4.60. The second-order valence-corrected chi connectivity index (χ2v) is 3.24. The Bertz CT molecular complexity index is 548. The summed E-state index contributed by atoms with van der Waals surface area (Å²) in [5.41, 5.74) is -0.549. The third-order valence-corrected chi connectivity index (χ3v) is 2.03. The molecule has 0 unspecified atom stereocenters. The van der Waals surface area contributed by atoms with E-state index in [4.69, 9.17) is 0 Å². The molecule has 2 aromatic rings. The lowest BCUT2D eigenvalue weighted by atomic mass is 10.1. The number of benzene rings is 1. The standard InChI is InChI=1S/C10H6F2N4O/c1-5-13-15-10(16-14-5)6-2-8(11)7(4-17)9(12)3-6/h2-4H,1H3. The Balaban J connectivity index is 2.54. The highest BCUT2D eigenvalue weighted by atomic mass is 19.1. The van der Waals surface area contributed by atoms with Crippen LogP contribution in [0.5, 0.6) is 0 Å². The van der Waals surface area contributed by atoms with E-state index in [2.05, 4.69) is 20.4 Å². The highest BCUT2D eigenvalue weighted by molar-refractivity contribution is 5.77. The van der Waals surface area contributed by atoms with E-state index in [1.54, 1.807) is 6.92 Å². The first-order chi connectivity index (χ1) is 8.11. The van der Waals surface area contributed by atoms with Crippen molar-refractivity contribution in [2.45, 2.75) is 6.92 Å². The Morgan fingerprint density at radius 3 is 2.06 bits per heavy atom. The number of rotatable bonds is 2. The molecule has 0 fully saturated rings. The molecular formula is C10H6F2N4O. The van der Waals surface area contributed by atoms with Gasteiger partial charge in [-0.2, -0.15) is 0 Å². The summed E-state index contributed by atoms with van der Waals surface area (Å²) in [6.45, 7) is 1.58. The molecule has 17 heavy (non-hydrogen) atoms. The predicted octanol–water partition coefficient (Wildman–Crippen LogP) is 1.33. The Hall–Kier alpha value is -2.31. The van der Waals surface area contributed by atoms with Gasteiger partial charge in [-0.15, -0.1) is 20.4 Å². The lowest BCUT2D eigenvalue weighted by Crippen LogP contribution is -2.01. The van der Waals surface area contributed by atoms with E-state index >= 15 is 0 Å². The molecule has 0 N–H and O–H groups in total. The van der Waals surface area contributed by atoms with Crippen molar-refractivity contribution in [3.63, 3.8) is 0 Å². The monoisotopic (exact) mass is 236 g/mol. The van der Waals surface area contributed by atoms with Gasteiger partial charge in [0.15, 0.2) is 12.1 Å². The Labute approximate surface area is 94.5 Å². The molecule has 1 aromatic carbocycles. The number of aldehydes is 1. The van der Waals surface area contributed by atoms with Crippen molar-refractivity contribution in [1.82, 2.24) is 20.4 Å². The van der Waals surface area contributed by atoms with Gasteiger partial charge in [-0.1, -0.05) is 0 Å². The molecule has 0 aliphatic carbocycles. The number of aryl methyl sites for hydroxylation is 1. The minimum Gasteiger partial charge on any atom is -0.298 e. The average molecular weight is 236 g/mol. The molecule has 5 nitrogen and oxygen atoms in total. The number of aromatic nitrogens is 4. The molecule has 1 aromatic heterocycles. The summed E-state index contributed by atoms with van der Waals surface area (Å²) in [4.78, 5) is 10.4. The summed E-state index contributed by atoms with van der Waals surface area (Å²) in [6.07, 6.45) is 0.112. The minimum absolute atomic E-state index is 0.00847. The van der Waals surface area contributed by atoms with E-state index in [0.717, 1.165) is 12.1 Å². The number of carbonyl (C=O) groups excluding carboxylic acids is 1. The SMILES string of the molecule is Cc1nnc(-c2cc(F)c(C=O)c(F)c2)nn1. The van der Waals surface area contributed by atoms with Gasteiger partial charge < -0.3 is 0 Å². The zero-order valence-corrected chi connectivity index (χ0v) is 8.69. The zero-order valence-electron chi connectivity index (χ0n) is 8.69. The number of hydrogen-bond donors (Lipinski definition) is 0. The fraction of sp³-hybridized carbons (Fsp3) is 0.100. The van der Waals surface area contributed by atoms with E-state index < -0.39 is 17.2 Å². The van der Waals surface area contributed by atoms with Crippen molar-refractivity contribution < 1.29 is 13.6 Å². The van der Waals surface area contributed by atoms with Gasteiger partial charge in [0.25, 0.3) is 0 Å². The van der Waals surface area contributed by atoms with Crippen molar-refractivity contribution >= 4 is 6.29 Å². The molecule has 0 atom stereocenters. The van der Waals surface area contributed by atoms with Gasteiger partial charge in [-0.25, -0.2) is 8.78 Å². The fourth-order valence-corrected chi connectivity index (χ4v) is 1.22. The predicted molar refractivity (Wildman–Crippen MR) is 53.1 cm³/mol. The third-order valence-electron chi connectivity index (χ3n) is 2.03. The van der Waals surface area contributed by atoms with Gasteiger partial charge in [0, 0.05) is 5.56 Å². The van der Waals surface area contributed by atoms with Crippen LogP contribution >= 0.6 is 0 Å². The summed E-state index contributed by atoms with van der Waals surface area (Å²) >= 11 is 0. The lowest BCUT2D eigenvalue weighted by molar-refractivity contribution is 0.111. The maximum atomic E-state index is 13.3. The van der Waals surface area contributed by atoms with Crippen molar-refractivity contribution in [3.8, 4) is 11.4 Å². The normalized spacial score (nSPS) is 10.3. The maximum Gasteiger partial charge on any atom is 0.203 e. The summed E-state index contributed by atoms with van der Waals surface area (Å²) < 4.78 is 26.6. The van der Waals surface area contributed by atoms with Crippen LogP contribution in [0.1, 0.15) is 16.2 Å². The van der Waals surface area contributed by atoms with Crippen LogP contribution in [-0.2, 0) is 0 Å². The molecule has 0 saturated heterocycles. The zero-order chi connectivity index (χ0) is 12.4. The summed E-state index contributed by atoms with van der Waals surface area (Å²) in [6, 6.07) is 1.92. The van der Waals surface area contributed by atoms with Gasteiger partial charge in [-0.3, -0.25) is 4.79 Å². The number of nitrogens with zero attached hydrogens (tertiary/aromatic N) is 4. The first kappa shape index (κ1) is 11.2. The average Bonchev–Trinajstić information content (AvgIpc) is 2.29. The van der Waals surface area contributed by atoms with Crippen LogP contribution in [0.15, 0.2) is 12.1 Å². The molecule has 0 spiro atoms. The van der Waals surface area contributed by atoms with Gasteiger partial charge in [-0.05, 0) is 19.1 Å². The number of halogens is 2. The molecule has 0 saturated carbocycles. The van der Waals surface area contributed by atoms with Crippen molar-refractivity contribution in [2.24, 2.45) is 0 Å². The molecule has 0 amide bonds. The quantitative estimate of drug-likeness (QED) is 0.736. The third kappa shape index (κ3) is 2.12. The number of carbonyl (C=O) groups is 1. The summed E-state index contributed by atoms with van der Waals surface area (Å²) in [7, 11) is 0. The molecule has 7 heteroatoms. The molecule has 86 valence electrons. The fourth-order valence-electron chi connectivity index (χ4n) is 1.22. The summed E-state index contributed by atoms with van der Waals surface area (Å²) in [5, 5.41) is 14.5. The minimum atomic E-state index is -0.973. The molecule has 0 bridgehead atoms. The maximum absolute atomic E-state index is 13.3. The molecular weight excluding hydrogens is 230 g/mol. The van der Waals surface area contributed by atoms with Crippen LogP contribution in [0, 0.1) is 18.6 Å². The molecule has 1 heterocycles. The highest BCUT2D eigenvalue weighted by Gasteiger charge is 2.13. The first-order valence-corrected chi connectivity index (χ1v) is 4.60. The Morgan fingerprint density at radius 2 is 1.59 bits per heavy atom. The second-order valence-electron chi connectivity index (χ2n) is 3.24. The van der Waals surface area contributed by atoms with Crippen LogP contribution in [0.2, 0.25) is 0 Å². The van der Waals surface area contributed by atoms with E-state index in [0.29, 0.717) is 5.82 Å². The lowest BCUT2D eigenvalue weighted by Gasteiger charge is -2.01. The van der Waals surface area contributed by atoms with Crippen molar-refractivity contribution in [1.29, 1.82) is 0 Å². The molecule has 0 radical (unpaired) electrons. The Kier molecular flexibility index (Phi) is 2.82. The highest BCUT2D eigenvalue weighted by Crippen LogP contribution is 2.19. The van der Waals surface area contributed by atoms with E-state index in [9.17, 15) is 13.6 Å². The van der Waals surface area contributed by atoms with E-state index in [1.165, 1.54) is 0 Å². The van der Waals surface area contributed by atoms with Crippen LogP contribution in [-0.4, -0.2) is 26.7 Å². The van der Waals surface area contributed by atoms with Gasteiger partial charge in [0.05, 0.1) is 5.56 Å². The van der Waals surface area contributed by atoms with E-state index in [1.807, 2.05) is 0 Å². The smallest absolute Gasteiger partial charge is 0.203 e. The van der Waals surface area contributed by atoms with Gasteiger partial charge in [0.1, 0.15) is 11.6 Å². The largest absolute Gasteiger partial charge is 0.298 e. The van der Waals surface area contributed by atoms with Crippen molar-refractivity contribution in [2.75, 3.05) is 0 Å². The van der Waals surface area contributed by atoms with Crippen LogP contribution in [0.4, 0.5) is 8.78 Å². The van der Waals surface area contributed by atoms with E-state index in [-0.39, 0.29) is 17.7 Å². The van der Waals surface area contributed by atoms with Gasteiger partial charge in [0.2, 0.25) is 5.82 Å². The molecule has 0 aliphatic rings. The molecule has 2 rings (SSSR count). The van der Waals surface area contributed by atoms with Crippen molar-refractivity contribution in [3.05, 3.63) is 35.2 Å².